The number of aryl methyl sites for hydroxylation is 2. The lowest BCUT2D eigenvalue weighted by atomic mass is 9.91. The van der Waals surface area contributed by atoms with Gasteiger partial charge in [0.2, 0.25) is 0 Å². The van der Waals surface area contributed by atoms with Gasteiger partial charge >= 0.3 is 0 Å². The first kappa shape index (κ1) is 13.9. The highest BCUT2D eigenvalue weighted by atomic mass is 32.1. The second kappa shape index (κ2) is 5.25. The Morgan fingerprint density at radius 2 is 2.21 bits per heavy atom. The summed E-state index contributed by atoms with van der Waals surface area (Å²) < 4.78 is 1.93. The lowest BCUT2D eigenvalue weighted by Gasteiger charge is -2.24. The molecule has 4 nitrogen and oxygen atoms in total. The van der Waals surface area contributed by atoms with Crippen LogP contribution in [-0.2, 0) is 12.0 Å². The Morgan fingerprint density at radius 1 is 1.47 bits per heavy atom. The van der Waals surface area contributed by atoms with Crippen LogP contribution in [0.2, 0.25) is 0 Å². The average molecular weight is 278 g/mol. The zero-order valence-corrected chi connectivity index (χ0v) is 12.8. The fourth-order valence-corrected chi connectivity index (χ4v) is 2.92. The molecule has 0 atom stereocenters. The molecule has 0 aliphatic carbocycles. The van der Waals surface area contributed by atoms with E-state index in [-0.39, 0.29) is 5.41 Å². The van der Waals surface area contributed by atoms with E-state index < -0.39 is 0 Å². The number of nitrogens with zero attached hydrogens (tertiary/aromatic N) is 2. The molecule has 2 aromatic rings. The summed E-state index contributed by atoms with van der Waals surface area (Å²) in [6.07, 6.45) is 0. The summed E-state index contributed by atoms with van der Waals surface area (Å²) >= 11 is 1.79. The maximum absolute atomic E-state index is 6.08. The first-order chi connectivity index (χ1) is 8.95. The van der Waals surface area contributed by atoms with Crippen LogP contribution in [0.1, 0.15) is 31.3 Å². The third-order valence-corrected chi connectivity index (χ3v) is 4.60. The zero-order valence-electron chi connectivity index (χ0n) is 12.0. The van der Waals surface area contributed by atoms with Crippen molar-refractivity contribution in [2.24, 2.45) is 0 Å². The van der Waals surface area contributed by atoms with Crippen molar-refractivity contribution in [3.63, 3.8) is 0 Å². The van der Waals surface area contributed by atoms with E-state index in [0.29, 0.717) is 0 Å². The predicted molar refractivity (Wildman–Crippen MR) is 82.9 cm³/mol. The fourth-order valence-electron chi connectivity index (χ4n) is 2.07. The van der Waals surface area contributed by atoms with Gasteiger partial charge in [0.1, 0.15) is 5.82 Å². The molecule has 2 rings (SSSR count). The number of hydrogen-bond acceptors (Lipinski definition) is 4. The summed E-state index contributed by atoms with van der Waals surface area (Å²) in [6, 6.07) is 4.27. The average Bonchev–Trinajstić information content (AvgIpc) is 2.98. The van der Waals surface area contributed by atoms with Crippen molar-refractivity contribution in [1.82, 2.24) is 9.78 Å². The lowest BCUT2D eigenvalue weighted by molar-refractivity contribution is 0.562. The van der Waals surface area contributed by atoms with Gasteiger partial charge in [-0.05, 0) is 25.3 Å². The molecule has 2 heterocycles. The largest absolute Gasteiger partial charge is 0.394 e. The lowest BCUT2D eigenvalue weighted by Crippen LogP contribution is -2.27. The number of nitrogen functional groups attached to an aromatic ring is 1. The van der Waals surface area contributed by atoms with Gasteiger partial charge in [-0.3, -0.25) is 0 Å². The van der Waals surface area contributed by atoms with Crippen LogP contribution in [-0.4, -0.2) is 16.3 Å². The van der Waals surface area contributed by atoms with Crippen LogP contribution in [0.4, 0.5) is 11.5 Å². The Labute approximate surface area is 118 Å². The van der Waals surface area contributed by atoms with Crippen molar-refractivity contribution in [2.45, 2.75) is 39.7 Å². The number of hydrogen-bond donors (Lipinski definition) is 2. The molecule has 0 saturated heterocycles. The second-order valence-electron chi connectivity index (χ2n) is 5.38. The Balaban J connectivity index is 2.15. The Morgan fingerprint density at radius 3 is 2.79 bits per heavy atom. The summed E-state index contributed by atoms with van der Waals surface area (Å²) in [7, 11) is 0. The number of anilines is 2. The van der Waals surface area contributed by atoms with E-state index in [4.69, 9.17) is 5.73 Å². The van der Waals surface area contributed by atoms with E-state index in [2.05, 4.69) is 48.7 Å². The first-order valence-electron chi connectivity index (χ1n) is 6.56. The van der Waals surface area contributed by atoms with E-state index >= 15 is 0 Å². The summed E-state index contributed by atoms with van der Waals surface area (Å²) in [5, 5.41) is 10.0. The smallest absolute Gasteiger partial charge is 0.148 e. The number of rotatable bonds is 5. The molecular formula is C14H22N4S. The molecule has 0 aromatic carbocycles. The molecule has 0 saturated carbocycles. The molecule has 2 aromatic heterocycles. The third kappa shape index (κ3) is 2.76. The van der Waals surface area contributed by atoms with Crippen LogP contribution in [0.3, 0.4) is 0 Å². The predicted octanol–water partition coefficient (Wildman–Crippen LogP) is 3.24. The van der Waals surface area contributed by atoms with Crippen molar-refractivity contribution in [3.8, 4) is 0 Å². The number of nitrogens with two attached hydrogens (primary N) is 1. The standard InChI is InChI=1S/C14H22N4S/c1-5-18-13(12(15)10(2)17-18)16-9-14(3,4)11-7-6-8-19-11/h6-8,16H,5,9,15H2,1-4H3. The minimum absolute atomic E-state index is 0.0807. The molecule has 0 aliphatic rings. The number of aromatic nitrogens is 2. The van der Waals surface area contributed by atoms with Gasteiger partial charge in [-0.1, -0.05) is 19.9 Å². The molecule has 19 heavy (non-hydrogen) atoms. The number of thiophene rings is 1. The van der Waals surface area contributed by atoms with Gasteiger partial charge in [-0.25, -0.2) is 4.68 Å². The molecule has 0 radical (unpaired) electrons. The molecule has 0 fully saturated rings. The summed E-state index contributed by atoms with van der Waals surface area (Å²) in [4.78, 5) is 1.37. The van der Waals surface area contributed by atoms with E-state index in [9.17, 15) is 0 Å². The normalized spacial score (nSPS) is 11.8. The van der Waals surface area contributed by atoms with Gasteiger partial charge in [-0.2, -0.15) is 5.10 Å². The van der Waals surface area contributed by atoms with Crippen molar-refractivity contribution >= 4 is 22.8 Å². The van der Waals surface area contributed by atoms with Gasteiger partial charge in [0, 0.05) is 23.4 Å². The van der Waals surface area contributed by atoms with Crippen molar-refractivity contribution < 1.29 is 0 Å². The van der Waals surface area contributed by atoms with Gasteiger partial charge in [0.15, 0.2) is 0 Å². The highest BCUT2D eigenvalue weighted by Crippen LogP contribution is 2.29. The summed E-state index contributed by atoms with van der Waals surface area (Å²) in [6.45, 7) is 10.1. The van der Waals surface area contributed by atoms with Crippen LogP contribution < -0.4 is 11.1 Å². The fraction of sp³-hybridized carbons (Fsp3) is 0.500. The maximum atomic E-state index is 6.08. The Bertz CT molecular complexity index is 540. The van der Waals surface area contributed by atoms with Crippen LogP contribution in [0, 0.1) is 6.92 Å². The van der Waals surface area contributed by atoms with Crippen molar-refractivity contribution in [2.75, 3.05) is 17.6 Å². The molecule has 0 spiro atoms. The maximum Gasteiger partial charge on any atom is 0.148 e. The molecule has 0 aliphatic heterocycles. The molecule has 0 unspecified atom stereocenters. The highest BCUT2D eigenvalue weighted by molar-refractivity contribution is 7.10. The SMILES string of the molecule is CCn1nc(C)c(N)c1NCC(C)(C)c1cccs1. The minimum atomic E-state index is 0.0807. The third-order valence-electron chi connectivity index (χ3n) is 3.36. The van der Waals surface area contributed by atoms with Crippen LogP contribution in [0.5, 0.6) is 0 Å². The van der Waals surface area contributed by atoms with Crippen LogP contribution in [0.15, 0.2) is 17.5 Å². The summed E-state index contributed by atoms with van der Waals surface area (Å²) in [5.41, 5.74) is 7.81. The second-order valence-corrected chi connectivity index (χ2v) is 6.33. The molecule has 5 heteroatoms. The molecule has 3 N–H and O–H groups in total. The highest BCUT2D eigenvalue weighted by Gasteiger charge is 2.23. The first-order valence-corrected chi connectivity index (χ1v) is 7.44. The quantitative estimate of drug-likeness (QED) is 0.882. The van der Waals surface area contributed by atoms with E-state index in [1.165, 1.54) is 4.88 Å². The number of nitrogens with one attached hydrogen (secondary N) is 1. The van der Waals surface area contributed by atoms with Crippen LogP contribution >= 0.6 is 11.3 Å². The van der Waals surface area contributed by atoms with Gasteiger partial charge < -0.3 is 11.1 Å². The molecule has 104 valence electrons. The van der Waals surface area contributed by atoms with Gasteiger partial charge in [-0.15, -0.1) is 11.3 Å². The van der Waals surface area contributed by atoms with Crippen molar-refractivity contribution in [1.29, 1.82) is 0 Å². The Kier molecular flexibility index (Phi) is 3.85. The van der Waals surface area contributed by atoms with Crippen LogP contribution in [0.25, 0.3) is 0 Å². The summed E-state index contributed by atoms with van der Waals surface area (Å²) in [5.74, 6) is 0.935. The van der Waals surface area contributed by atoms with E-state index in [0.717, 1.165) is 30.3 Å². The van der Waals surface area contributed by atoms with Crippen molar-refractivity contribution in [3.05, 3.63) is 28.1 Å². The molecule has 0 bridgehead atoms. The zero-order chi connectivity index (χ0) is 14.0. The van der Waals surface area contributed by atoms with E-state index in [1.54, 1.807) is 11.3 Å². The van der Waals surface area contributed by atoms with E-state index in [1.807, 2.05) is 11.6 Å². The Hall–Kier alpha value is -1.49. The monoisotopic (exact) mass is 278 g/mol. The topological polar surface area (TPSA) is 55.9 Å². The minimum Gasteiger partial charge on any atom is -0.394 e. The van der Waals surface area contributed by atoms with Gasteiger partial charge in [0.05, 0.1) is 11.4 Å². The molecule has 0 amide bonds. The molecular weight excluding hydrogens is 256 g/mol. The van der Waals surface area contributed by atoms with Gasteiger partial charge in [0.25, 0.3) is 0 Å².